The number of esters is 1. The molecule has 1 aromatic carbocycles. The van der Waals surface area contributed by atoms with E-state index < -0.39 is 23.8 Å². The number of rotatable bonds is 8. The van der Waals surface area contributed by atoms with Crippen molar-refractivity contribution in [2.24, 2.45) is 5.92 Å². The Morgan fingerprint density at radius 2 is 1.21 bits per heavy atom. The molecule has 0 heterocycles. The number of carbonyl (C=O) groups is 3. The Bertz CT molecular complexity index is 740. The topological polar surface area (TPSA) is 101 Å². The molecule has 0 aliphatic heterocycles. The Labute approximate surface area is 164 Å². The zero-order valence-electron chi connectivity index (χ0n) is 15.9. The molecular formula is C22H24O6. The fourth-order valence-corrected chi connectivity index (χ4v) is 1.79. The molecule has 2 N–H and O–H groups in total. The molecular weight excluding hydrogens is 360 g/mol. The lowest BCUT2D eigenvalue weighted by Gasteiger charge is -2.07. The average molecular weight is 384 g/mol. The molecule has 1 rings (SSSR count). The van der Waals surface area contributed by atoms with Crippen LogP contribution in [0.2, 0.25) is 0 Å². The van der Waals surface area contributed by atoms with Crippen molar-refractivity contribution in [1.29, 1.82) is 0 Å². The van der Waals surface area contributed by atoms with Crippen molar-refractivity contribution in [2.45, 2.75) is 13.8 Å². The first-order valence-corrected chi connectivity index (χ1v) is 8.16. The fourth-order valence-electron chi connectivity index (χ4n) is 1.79. The van der Waals surface area contributed by atoms with Gasteiger partial charge in [0.15, 0.2) is 0 Å². The summed E-state index contributed by atoms with van der Waals surface area (Å²) >= 11 is 0. The van der Waals surface area contributed by atoms with Gasteiger partial charge >= 0.3 is 17.9 Å². The van der Waals surface area contributed by atoms with Crippen molar-refractivity contribution in [2.75, 3.05) is 0 Å². The highest BCUT2D eigenvalue weighted by molar-refractivity contribution is 5.90. The molecule has 6 nitrogen and oxygen atoms in total. The van der Waals surface area contributed by atoms with Gasteiger partial charge in [-0.05, 0) is 25.0 Å². The second-order valence-electron chi connectivity index (χ2n) is 5.51. The van der Waals surface area contributed by atoms with Gasteiger partial charge in [0, 0.05) is 11.1 Å². The van der Waals surface area contributed by atoms with Gasteiger partial charge in [0.2, 0.25) is 0 Å². The number of carbonyl (C=O) groups excluding carboxylic acids is 1. The summed E-state index contributed by atoms with van der Waals surface area (Å²) in [6.45, 7) is 13.1. The number of carboxylic acids is 2. The summed E-state index contributed by atoms with van der Waals surface area (Å²) in [6, 6.07) is 8.07. The highest BCUT2D eigenvalue weighted by Crippen LogP contribution is 2.12. The second kappa shape index (κ2) is 12.6. The van der Waals surface area contributed by atoms with Crippen LogP contribution in [0.3, 0.4) is 0 Å². The Morgan fingerprint density at radius 1 is 0.857 bits per heavy atom. The molecule has 0 aliphatic rings. The van der Waals surface area contributed by atoms with E-state index in [0.717, 1.165) is 29.5 Å². The van der Waals surface area contributed by atoms with Crippen molar-refractivity contribution in [3.8, 4) is 0 Å². The van der Waals surface area contributed by atoms with Crippen LogP contribution >= 0.6 is 0 Å². The van der Waals surface area contributed by atoms with E-state index in [9.17, 15) is 14.4 Å². The SMILES string of the molecule is C=COC(=O)C(C=C(C)C(=O)O)C=C(C)C(=O)O.C=Cc1ccc(C=C)cc1. The molecule has 0 aromatic heterocycles. The van der Waals surface area contributed by atoms with Gasteiger partial charge in [0.05, 0.1) is 12.2 Å². The maximum atomic E-state index is 11.5. The third kappa shape index (κ3) is 9.15. The zero-order valence-corrected chi connectivity index (χ0v) is 15.9. The van der Waals surface area contributed by atoms with Crippen molar-refractivity contribution in [1.82, 2.24) is 0 Å². The summed E-state index contributed by atoms with van der Waals surface area (Å²) < 4.78 is 4.52. The molecule has 0 bridgehead atoms. The fraction of sp³-hybridized carbons (Fsp3) is 0.136. The summed E-state index contributed by atoms with van der Waals surface area (Å²) in [5, 5.41) is 17.4. The predicted octanol–water partition coefficient (Wildman–Crippen LogP) is 4.32. The zero-order chi connectivity index (χ0) is 21.7. The standard InChI is InChI=1S/C12H14O6.C10H10/c1-4-18-12(17)9(5-7(2)10(13)14)6-8(3)11(15)16;1-3-9-5-7-10(4-2)8-6-9/h4-6,9H,1H2,2-3H3,(H,13,14)(H,15,16);3-8H,1-2H2. The summed E-state index contributed by atoms with van der Waals surface area (Å²) in [4.78, 5) is 32.8. The highest BCUT2D eigenvalue weighted by atomic mass is 16.5. The predicted molar refractivity (Wildman–Crippen MR) is 109 cm³/mol. The van der Waals surface area contributed by atoms with Crippen LogP contribution in [0.25, 0.3) is 12.2 Å². The first-order chi connectivity index (χ1) is 13.2. The van der Waals surface area contributed by atoms with Gasteiger partial charge in [-0.2, -0.15) is 0 Å². The monoisotopic (exact) mass is 384 g/mol. The molecule has 0 aliphatic carbocycles. The first kappa shape index (κ1) is 24.3. The number of aliphatic carboxylic acids is 2. The van der Waals surface area contributed by atoms with Gasteiger partial charge < -0.3 is 14.9 Å². The average Bonchev–Trinajstić information content (AvgIpc) is 2.67. The smallest absolute Gasteiger partial charge is 0.330 e. The maximum absolute atomic E-state index is 11.5. The molecule has 0 saturated heterocycles. The van der Waals surface area contributed by atoms with Crippen LogP contribution in [0.4, 0.5) is 0 Å². The highest BCUT2D eigenvalue weighted by Gasteiger charge is 2.18. The molecule has 1 aromatic rings. The largest absolute Gasteiger partial charge is 0.478 e. The van der Waals surface area contributed by atoms with Gasteiger partial charge in [0.25, 0.3) is 0 Å². The summed E-state index contributed by atoms with van der Waals surface area (Å²) in [6.07, 6.45) is 6.77. The molecule has 28 heavy (non-hydrogen) atoms. The summed E-state index contributed by atoms with van der Waals surface area (Å²) in [5.74, 6) is -4.29. The van der Waals surface area contributed by atoms with E-state index >= 15 is 0 Å². The van der Waals surface area contributed by atoms with Gasteiger partial charge in [-0.15, -0.1) is 0 Å². The summed E-state index contributed by atoms with van der Waals surface area (Å²) in [7, 11) is 0. The van der Waals surface area contributed by atoms with E-state index in [1.54, 1.807) is 0 Å². The van der Waals surface area contributed by atoms with Crippen LogP contribution in [-0.2, 0) is 19.1 Å². The minimum atomic E-state index is -1.20. The van der Waals surface area contributed by atoms with Crippen LogP contribution in [0.15, 0.2) is 73.6 Å². The van der Waals surface area contributed by atoms with Gasteiger partial charge in [-0.25, -0.2) is 9.59 Å². The van der Waals surface area contributed by atoms with Gasteiger partial charge in [-0.3, -0.25) is 4.79 Å². The normalized spacial score (nSPS) is 11.9. The van der Waals surface area contributed by atoms with Crippen LogP contribution in [0.5, 0.6) is 0 Å². The number of ether oxygens (including phenoxy) is 1. The van der Waals surface area contributed by atoms with Crippen molar-refractivity contribution in [3.63, 3.8) is 0 Å². The molecule has 6 heteroatoms. The van der Waals surface area contributed by atoms with Crippen molar-refractivity contribution >= 4 is 30.1 Å². The van der Waals surface area contributed by atoms with Crippen LogP contribution < -0.4 is 0 Å². The van der Waals surface area contributed by atoms with E-state index in [-0.39, 0.29) is 11.1 Å². The van der Waals surface area contributed by atoms with Gasteiger partial charge in [0.1, 0.15) is 0 Å². The first-order valence-electron chi connectivity index (χ1n) is 8.16. The van der Waals surface area contributed by atoms with E-state index in [1.807, 2.05) is 36.4 Å². The minimum absolute atomic E-state index is 0.0875. The molecule has 0 amide bonds. The Kier molecular flexibility index (Phi) is 11.0. The Balaban J connectivity index is 0.000000609. The Morgan fingerprint density at radius 3 is 1.46 bits per heavy atom. The third-order valence-electron chi connectivity index (χ3n) is 3.41. The lowest BCUT2D eigenvalue weighted by Crippen LogP contribution is -2.14. The van der Waals surface area contributed by atoms with Crippen LogP contribution in [0.1, 0.15) is 25.0 Å². The summed E-state index contributed by atoms with van der Waals surface area (Å²) in [5.41, 5.74) is 2.11. The van der Waals surface area contributed by atoms with E-state index in [1.165, 1.54) is 13.8 Å². The molecule has 0 radical (unpaired) electrons. The van der Waals surface area contributed by atoms with Crippen molar-refractivity contribution in [3.05, 3.63) is 84.7 Å². The lowest BCUT2D eigenvalue weighted by atomic mass is 10.0. The number of hydrogen-bond donors (Lipinski definition) is 2. The number of benzene rings is 1. The molecule has 148 valence electrons. The number of carboxylic acid groups (broad SMARTS) is 2. The molecule has 0 saturated carbocycles. The maximum Gasteiger partial charge on any atom is 0.330 e. The second-order valence-corrected chi connectivity index (χ2v) is 5.51. The molecule has 0 unspecified atom stereocenters. The van der Waals surface area contributed by atoms with E-state index in [4.69, 9.17) is 10.2 Å². The van der Waals surface area contributed by atoms with Crippen LogP contribution in [0, 0.1) is 5.92 Å². The van der Waals surface area contributed by atoms with E-state index in [2.05, 4.69) is 24.5 Å². The quantitative estimate of drug-likeness (QED) is 0.393. The minimum Gasteiger partial charge on any atom is -0.478 e. The molecule has 0 fully saturated rings. The number of hydrogen-bond acceptors (Lipinski definition) is 4. The van der Waals surface area contributed by atoms with E-state index in [0.29, 0.717) is 0 Å². The third-order valence-corrected chi connectivity index (χ3v) is 3.41. The lowest BCUT2D eigenvalue weighted by molar-refractivity contribution is -0.139. The van der Waals surface area contributed by atoms with Crippen LogP contribution in [-0.4, -0.2) is 28.1 Å². The van der Waals surface area contributed by atoms with Crippen molar-refractivity contribution < 1.29 is 29.3 Å². The molecule has 0 atom stereocenters. The Hall–Kier alpha value is -3.67. The van der Waals surface area contributed by atoms with Gasteiger partial charge in [-0.1, -0.05) is 68.3 Å². The molecule has 0 spiro atoms.